The van der Waals surface area contributed by atoms with Crippen molar-refractivity contribution in [3.05, 3.63) is 0 Å². The lowest BCUT2D eigenvalue weighted by Gasteiger charge is -2.17. The standard InChI is InChI=1S/C4H9NO4P2/c6-2(7)1-5(11)3(10)4(8)9/h3H,1,10-11H2,(H,6,7)(H,8,9). The SMILES string of the molecule is O=C(O)CN(P)C(P)C(=O)O. The average molecular weight is 197 g/mol. The first-order chi connectivity index (χ1) is 4.95. The van der Waals surface area contributed by atoms with Gasteiger partial charge in [-0.3, -0.25) is 14.3 Å². The Hall–Kier alpha value is -0.240. The van der Waals surface area contributed by atoms with Crippen LogP contribution in [0.15, 0.2) is 0 Å². The summed E-state index contributed by atoms with van der Waals surface area (Å²) in [5.74, 6) is -3.02. The zero-order valence-corrected chi connectivity index (χ0v) is 7.91. The molecule has 3 atom stereocenters. The Morgan fingerprint density at radius 2 is 1.91 bits per heavy atom. The highest BCUT2D eigenvalue weighted by atomic mass is 31.0. The molecule has 7 heteroatoms. The van der Waals surface area contributed by atoms with Crippen LogP contribution >= 0.6 is 18.6 Å². The molecule has 0 amide bonds. The van der Waals surface area contributed by atoms with Gasteiger partial charge in [-0.25, -0.2) is 0 Å². The molecule has 5 nitrogen and oxygen atoms in total. The van der Waals surface area contributed by atoms with E-state index in [1.54, 1.807) is 0 Å². The van der Waals surface area contributed by atoms with Crippen LogP contribution in [0, 0.1) is 0 Å². The summed E-state index contributed by atoms with van der Waals surface area (Å²) in [6.07, 6.45) is 0. The number of nitrogens with zero attached hydrogens (tertiary/aromatic N) is 1. The highest BCUT2D eigenvalue weighted by molar-refractivity contribution is 7.22. The fourth-order valence-corrected chi connectivity index (χ4v) is 0.786. The second kappa shape index (κ2) is 4.60. The Bertz CT molecular complexity index is 173. The summed E-state index contributed by atoms with van der Waals surface area (Å²) in [4.78, 5) is 20.3. The van der Waals surface area contributed by atoms with Gasteiger partial charge in [0.1, 0.15) is 12.3 Å². The Labute approximate surface area is 68.2 Å². The lowest BCUT2D eigenvalue weighted by atomic mass is 10.6. The van der Waals surface area contributed by atoms with Gasteiger partial charge in [-0.05, 0) is 0 Å². The Morgan fingerprint density at radius 3 is 2.18 bits per heavy atom. The molecule has 0 aromatic carbocycles. The van der Waals surface area contributed by atoms with E-state index in [0.29, 0.717) is 0 Å². The van der Waals surface area contributed by atoms with Crippen LogP contribution in [-0.2, 0) is 9.59 Å². The van der Waals surface area contributed by atoms with E-state index < -0.39 is 17.7 Å². The van der Waals surface area contributed by atoms with Crippen LogP contribution in [0.25, 0.3) is 0 Å². The van der Waals surface area contributed by atoms with Crippen molar-refractivity contribution in [1.29, 1.82) is 0 Å². The molecule has 0 heterocycles. The van der Waals surface area contributed by atoms with Crippen LogP contribution in [0.5, 0.6) is 0 Å². The third kappa shape index (κ3) is 4.25. The van der Waals surface area contributed by atoms with E-state index in [4.69, 9.17) is 10.2 Å². The largest absolute Gasteiger partial charge is 0.480 e. The summed E-state index contributed by atoms with van der Waals surface area (Å²) >= 11 is 0. The Morgan fingerprint density at radius 1 is 1.45 bits per heavy atom. The van der Waals surface area contributed by atoms with Gasteiger partial charge in [-0.15, -0.1) is 9.24 Å². The molecule has 0 aromatic heterocycles. The normalized spacial score (nSPS) is 13.0. The first kappa shape index (κ1) is 10.8. The van der Waals surface area contributed by atoms with Crippen molar-refractivity contribution >= 4 is 30.6 Å². The summed E-state index contributed by atoms with van der Waals surface area (Å²) in [6, 6.07) is 0. The third-order valence-electron chi connectivity index (χ3n) is 0.928. The Kier molecular flexibility index (Phi) is 4.50. The zero-order chi connectivity index (χ0) is 9.02. The van der Waals surface area contributed by atoms with E-state index in [0.717, 1.165) is 4.67 Å². The van der Waals surface area contributed by atoms with E-state index >= 15 is 0 Å². The zero-order valence-electron chi connectivity index (χ0n) is 5.60. The summed E-state index contributed by atoms with van der Waals surface area (Å²) < 4.78 is 1.12. The number of rotatable bonds is 4. The van der Waals surface area contributed by atoms with Gasteiger partial charge in [-0.1, -0.05) is 9.39 Å². The number of hydrogen-bond acceptors (Lipinski definition) is 3. The van der Waals surface area contributed by atoms with Crippen molar-refractivity contribution in [1.82, 2.24) is 4.67 Å². The minimum atomic E-state index is -1.08. The van der Waals surface area contributed by atoms with E-state index in [9.17, 15) is 9.59 Å². The molecule has 0 bridgehead atoms. The van der Waals surface area contributed by atoms with Crippen LogP contribution in [0.4, 0.5) is 0 Å². The molecule has 0 aliphatic carbocycles. The molecular weight excluding hydrogens is 188 g/mol. The van der Waals surface area contributed by atoms with Gasteiger partial charge < -0.3 is 10.2 Å². The molecular formula is C4H9NO4P2. The van der Waals surface area contributed by atoms with E-state index in [2.05, 4.69) is 0 Å². The van der Waals surface area contributed by atoms with Gasteiger partial charge in [-0.2, -0.15) is 0 Å². The van der Waals surface area contributed by atoms with Gasteiger partial charge in [0.05, 0.1) is 0 Å². The maximum absolute atomic E-state index is 10.3. The quantitative estimate of drug-likeness (QED) is 0.591. The van der Waals surface area contributed by atoms with Crippen LogP contribution in [-0.4, -0.2) is 39.1 Å². The van der Waals surface area contributed by atoms with Crippen molar-refractivity contribution in [3.8, 4) is 0 Å². The number of carbonyl (C=O) groups is 2. The summed E-state index contributed by atoms with van der Waals surface area (Å²) in [5.41, 5.74) is 0. The summed E-state index contributed by atoms with van der Waals surface area (Å²) in [5, 5.41) is 16.7. The first-order valence-corrected chi connectivity index (χ1v) is 3.85. The van der Waals surface area contributed by atoms with Gasteiger partial charge in [0.2, 0.25) is 0 Å². The third-order valence-corrected chi connectivity index (χ3v) is 2.44. The number of hydrogen-bond donors (Lipinski definition) is 2. The molecule has 0 aliphatic heterocycles. The van der Waals surface area contributed by atoms with Gasteiger partial charge >= 0.3 is 11.9 Å². The van der Waals surface area contributed by atoms with E-state index in [-0.39, 0.29) is 6.54 Å². The van der Waals surface area contributed by atoms with E-state index in [1.807, 2.05) is 18.6 Å². The molecule has 0 radical (unpaired) electrons. The maximum atomic E-state index is 10.3. The predicted molar refractivity (Wildman–Crippen MR) is 45.2 cm³/mol. The fraction of sp³-hybridized carbons (Fsp3) is 0.500. The second-order valence-electron chi connectivity index (χ2n) is 1.85. The van der Waals surface area contributed by atoms with Crippen molar-refractivity contribution in [3.63, 3.8) is 0 Å². The molecule has 11 heavy (non-hydrogen) atoms. The average Bonchev–Trinajstić information content (AvgIpc) is 1.84. The minimum Gasteiger partial charge on any atom is -0.480 e. The summed E-state index contributed by atoms with van der Waals surface area (Å²) in [6.45, 7) is -0.314. The van der Waals surface area contributed by atoms with Gasteiger partial charge in [0, 0.05) is 0 Å². The number of aliphatic carboxylic acids is 2. The van der Waals surface area contributed by atoms with Crippen LogP contribution in [0.2, 0.25) is 0 Å². The van der Waals surface area contributed by atoms with Crippen LogP contribution in [0.1, 0.15) is 0 Å². The van der Waals surface area contributed by atoms with Crippen LogP contribution in [0.3, 0.4) is 0 Å². The molecule has 2 N–H and O–H groups in total. The lowest BCUT2D eigenvalue weighted by Crippen LogP contribution is -2.32. The topological polar surface area (TPSA) is 77.8 Å². The minimum absolute atomic E-state index is 0.314. The highest BCUT2D eigenvalue weighted by Crippen LogP contribution is 2.12. The van der Waals surface area contributed by atoms with Gasteiger partial charge in [0.15, 0.2) is 0 Å². The molecule has 0 aromatic rings. The van der Waals surface area contributed by atoms with Crippen molar-refractivity contribution in [2.75, 3.05) is 6.54 Å². The molecule has 0 fully saturated rings. The fourth-order valence-electron chi connectivity index (χ4n) is 0.396. The maximum Gasteiger partial charge on any atom is 0.325 e. The smallest absolute Gasteiger partial charge is 0.325 e. The first-order valence-electron chi connectivity index (χ1n) is 2.66. The van der Waals surface area contributed by atoms with Crippen molar-refractivity contribution in [2.45, 2.75) is 5.78 Å². The highest BCUT2D eigenvalue weighted by Gasteiger charge is 2.18. The molecule has 3 unspecified atom stereocenters. The van der Waals surface area contributed by atoms with E-state index in [1.165, 1.54) is 0 Å². The monoisotopic (exact) mass is 197 g/mol. The second-order valence-corrected chi connectivity index (χ2v) is 3.14. The lowest BCUT2D eigenvalue weighted by molar-refractivity contribution is -0.140. The van der Waals surface area contributed by atoms with Crippen molar-refractivity contribution < 1.29 is 19.8 Å². The number of carboxylic acids is 2. The summed E-state index contributed by atoms with van der Waals surface area (Å²) in [7, 11) is 4.06. The molecule has 0 saturated carbocycles. The van der Waals surface area contributed by atoms with Crippen molar-refractivity contribution in [2.24, 2.45) is 0 Å². The molecule has 0 aliphatic rings. The number of carboxylic acid groups (broad SMARTS) is 2. The molecule has 0 rings (SSSR count). The molecule has 0 spiro atoms. The Balaban J connectivity index is 3.92. The predicted octanol–water partition coefficient (Wildman–Crippen LogP) is -0.551. The van der Waals surface area contributed by atoms with Crippen LogP contribution < -0.4 is 0 Å². The molecule has 0 saturated heterocycles. The van der Waals surface area contributed by atoms with Gasteiger partial charge in [0.25, 0.3) is 0 Å². The molecule has 64 valence electrons.